The number of nitrogens with zero attached hydrogens (tertiary/aromatic N) is 2. The van der Waals surface area contributed by atoms with Crippen LogP contribution in [0.25, 0.3) is 22.2 Å². The number of aromatic hydroxyl groups is 2. The molecule has 0 unspecified atom stereocenters. The number of aromatic nitrogens is 1. The zero-order valence-corrected chi connectivity index (χ0v) is 14.0. The van der Waals surface area contributed by atoms with Crippen LogP contribution in [0.5, 0.6) is 23.0 Å². The second-order valence-corrected chi connectivity index (χ2v) is 6.29. The quantitative estimate of drug-likeness (QED) is 0.764. The van der Waals surface area contributed by atoms with Crippen LogP contribution in [0.15, 0.2) is 36.4 Å². The van der Waals surface area contributed by atoms with Crippen LogP contribution in [0.4, 0.5) is 0 Å². The third kappa shape index (κ3) is 2.70. The molecule has 1 aliphatic heterocycles. The van der Waals surface area contributed by atoms with Crippen molar-refractivity contribution in [3.05, 3.63) is 42.0 Å². The molecule has 128 valence electrons. The highest BCUT2D eigenvalue weighted by molar-refractivity contribution is 5.86. The molecule has 6 heteroatoms. The highest BCUT2D eigenvalue weighted by atomic mass is 16.7. The van der Waals surface area contributed by atoms with Gasteiger partial charge < -0.3 is 24.6 Å². The van der Waals surface area contributed by atoms with Gasteiger partial charge in [-0.2, -0.15) is 0 Å². The molecular formula is C19H18N2O4. The summed E-state index contributed by atoms with van der Waals surface area (Å²) in [4.78, 5) is 6.52. The molecule has 0 saturated carbocycles. The molecule has 2 N–H and O–H groups in total. The van der Waals surface area contributed by atoms with Crippen molar-refractivity contribution in [2.75, 3.05) is 20.9 Å². The molecule has 0 aliphatic carbocycles. The van der Waals surface area contributed by atoms with Crippen LogP contribution in [0.3, 0.4) is 0 Å². The van der Waals surface area contributed by atoms with E-state index in [1.807, 2.05) is 43.3 Å². The largest absolute Gasteiger partial charge is 0.507 e. The maximum absolute atomic E-state index is 10.6. The second kappa shape index (κ2) is 5.82. The first-order valence-electron chi connectivity index (χ1n) is 7.92. The van der Waals surface area contributed by atoms with E-state index in [-0.39, 0.29) is 18.3 Å². The number of fused-ring (bicyclic) bond motifs is 2. The SMILES string of the molecule is CN(C)Cc1c(O)ccc(-c2ccc3cc4c(cc3n2)OCO4)c1O. The molecule has 0 amide bonds. The van der Waals surface area contributed by atoms with Crippen LogP contribution in [0, 0.1) is 0 Å². The zero-order valence-electron chi connectivity index (χ0n) is 14.0. The Balaban J connectivity index is 1.83. The van der Waals surface area contributed by atoms with Gasteiger partial charge in [0.05, 0.1) is 16.8 Å². The lowest BCUT2D eigenvalue weighted by Crippen LogP contribution is -2.11. The van der Waals surface area contributed by atoms with Crippen molar-refractivity contribution >= 4 is 10.9 Å². The van der Waals surface area contributed by atoms with Gasteiger partial charge in [0.25, 0.3) is 0 Å². The Bertz CT molecular complexity index is 969. The third-order valence-electron chi connectivity index (χ3n) is 4.19. The van der Waals surface area contributed by atoms with E-state index in [4.69, 9.17) is 9.47 Å². The van der Waals surface area contributed by atoms with E-state index >= 15 is 0 Å². The van der Waals surface area contributed by atoms with Gasteiger partial charge in [-0.25, -0.2) is 4.98 Å². The predicted octanol–water partition coefficient (Wildman–Crippen LogP) is 3.10. The number of rotatable bonds is 3. The van der Waals surface area contributed by atoms with Crippen molar-refractivity contribution in [3.63, 3.8) is 0 Å². The summed E-state index contributed by atoms with van der Waals surface area (Å²) in [6.07, 6.45) is 0. The first-order chi connectivity index (χ1) is 12.0. The standard InChI is InChI=1S/C19H18N2O4/c1-21(2)9-13-16(22)6-4-12(19(13)23)14-5-3-11-7-17-18(25-10-24-17)8-15(11)20-14/h3-8,22-23H,9-10H2,1-2H3. The monoisotopic (exact) mass is 338 g/mol. The van der Waals surface area contributed by atoms with E-state index in [0.29, 0.717) is 34.9 Å². The van der Waals surface area contributed by atoms with Gasteiger partial charge in [-0.3, -0.25) is 0 Å². The fraction of sp³-hybridized carbons (Fsp3) is 0.211. The number of benzene rings is 2. The Morgan fingerprint density at radius 3 is 2.56 bits per heavy atom. The van der Waals surface area contributed by atoms with Gasteiger partial charge in [0, 0.05) is 23.6 Å². The summed E-state index contributed by atoms with van der Waals surface area (Å²) < 4.78 is 10.8. The molecule has 0 fully saturated rings. The van der Waals surface area contributed by atoms with E-state index in [2.05, 4.69) is 4.98 Å². The average molecular weight is 338 g/mol. The third-order valence-corrected chi connectivity index (χ3v) is 4.19. The second-order valence-electron chi connectivity index (χ2n) is 6.29. The molecule has 1 aliphatic rings. The number of ether oxygens (including phenoxy) is 2. The molecule has 25 heavy (non-hydrogen) atoms. The Morgan fingerprint density at radius 1 is 1.04 bits per heavy atom. The summed E-state index contributed by atoms with van der Waals surface area (Å²) in [6, 6.07) is 10.7. The van der Waals surface area contributed by atoms with Crippen molar-refractivity contribution in [1.29, 1.82) is 0 Å². The molecule has 0 radical (unpaired) electrons. The summed E-state index contributed by atoms with van der Waals surface area (Å²) in [5, 5.41) is 21.6. The highest BCUT2D eigenvalue weighted by Gasteiger charge is 2.18. The number of phenolic OH excluding ortho intramolecular Hbond substituents is 2. The smallest absolute Gasteiger partial charge is 0.231 e. The van der Waals surface area contributed by atoms with Crippen molar-refractivity contribution in [3.8, 4) is 34.3 Å². The van der Waals surface area contributed by atoms with E-state index < -0.39 is 0 Å². The maximum Gasteiger partial charge on any atom is 0.231 e. The van der Waals surface area contributed by atoms with Gasteiger partial charge in [0.1, 0.15) is 11.5 Å². The Kier molecular flexibility index (Phi) is 3.62. The fourth-order valence-corrected chi connectivity index (χ4v) is 2.97. The molecule has 0 atom stereocenters. The number of pyridine rings is 1. The molecule has 0 bridgehead atoms. The number of hydrogen-bond acceptors (Lipinski definition) is 6. The van der Waals surface area contributed by atoms with Gasteiger partial charge in [-0.1, -0.05) is 6.07 Å². The first kappa shape index (κ1) is 15.5. The lowest BCUT2D eigenvalue weighted by Gasteiger charge is -2.15. The summed E-state index contributed by atoms with van der Waals surface area (Å²) >= 11 is 0. The minimum Gasteiger partial charge on any atom is -0.507 e. The zero-order chi connectivity index (χ0) is 17.6. The normalized spacial score (nSPS) is 12.9. The van der Waals surface area contributed by atoms with Crippen LogP contribution >= 0.6 is 0 Å². The van der Waals surface area contributed by atoms with Crippen molar-refractivity contribution < 1.29 is 19.7 Å². The lowest BCUT2D eigenvalue weighted by atomic mass is 10.0. The van der Waals surface area contributed by atoms with Gasteiger partial charge in [-0.15, -0.1) is 0 Å². The summed E-state index contributed by atoms with van der Waals surface area (Å²) in [6.45, 7) is 0.642. The molecule has 4 rings (SSSR count). The van der Waals surface area contributed by atoms with Gasteiger partial charge in [0.2, 0.25) is 6.79 Å². The van der Waals surface area contributed by atoms with Crippen LogP contribution in [0.1, 0.15) is 5.56 Å². The number of hydrogen-bond donors (Lipinski definition) is 2. The van der Waals surface area contributed by atoms with Crippen LogP contribution in [-0.2, 0) is 6.54 Å². The fourth-order valence-electron chi connectivity index (χ4n) is 2.97. The summed E-state index contributed by atoms with van der Waals surface area (Å²) in [7, 11) is 3.75. The van der Waals surface area contributed by atoms with Crippen molar-refractivity contribution in [2.45, 2.75) is 6.54 Å². The van der Waals surface area contributed by atoms with Crippen molar-refractivity contribution in [2.24, 2.45) is 0 Å². The molecular weight excluding hydrogens is 320 g/mol. The molecule has 6 nitrogen and oxygen atoms in total. The minimum absolute atomic E-state index is 0.0429. The highest BCUT2D eigenvalue weighted by Crippen LogP contribution is 2.39. The Labute approximate surface area is 144 Å². The van der Waals surface area contributed by atoms with Gasteiger partial charge >= 0.3 is 0 Å². The van der Waals surface area contributed by atoms with Crippen LogP contribution in [-0.4, -0.2) is 41.0 Å². The summed E-state index contributed by atoms with van der Waals surface area (Å²) in [5.74, 6) is 1.49. The Morgan fingerprint density at radius 2 is 1.80 bits per heavy atom. The van der Waals surface area contributed by atoms with Crippen molar-refractivity contribution in [1.82, 2.24) is 9.88 Å². The Hall–Kier alpha value is -2.99. The van der Waals surface area contributed by atoms with Gasteiger partial charge in [-0.05, 0) is 38.4 Å². The molecule has 2 heterocycles. The van der Waals surface area contributed by atoms with Crippen LogP contribution < -0.4 is 9.47 Å². The average Bonchev–Trinajstić information content (AvgIpc) is 3.03. The van der Waals surface area contributed by atoms with E-state index in [1.165, 1.54) is 0 Å². The lowest BCUT2D eigenvalue weighted by molar-refractivity contribution is 0.174. The molecule has 0 saturated heterocycles. The van der Waals surface area contributed by atoms with Crippen LogP contribution in [0.2, 0.25) is 0 Å². The molecule has 2 aromatic carbocycles. The number of phenols is 2. The minimum atomic E-state index is 0.0429. The van der Waals surface area contributed by atoms with Gasteiger partial charge in [0.15, 0.2) is 11.5 Å². The first-order valence-corrected chi connectivity index (χ1v) is 7.92. The molecule has 3 aromatic rings. The topological polar surface area (TPSA) is 75.1 Å². The molecule has 0 spiro atoms. The predicted molar refractivity (Wildman–Crippen MR) is 94.0 cm³/mol. The molecule has 1 aromatic heterocycles. The summed E-state index contributed by atoms with van der Waals surface area (Å²) in [5.41, 5.74) is 2.44. The van der Waals surface area contributed by atoms with E-state index in [1.54, 1.807) is 12.1 Å². The maximum atomic E-state index is 10.6. The van der Waals surface area contributed by atoms with E-state index in [9.17, 15) is 10.2 Å². The van der Waals surface area contributed by atoms with E-state index in [0.717, 1.165) is 10.9 Å².